The van der Waals surface area contributed by atoms with Crippen molar-refractivity contribution in [2.45, 2.75) is 31.2 Å². The van der Waals surface area contributed by atoms with Crippen LogP contribution in [0, 0.1) is 0 Å². The van der Waals surface area contributed by atoms with Gasteiger partial charge in [-0.2, -0.15) is 0 Å². The van der Waals surface area contributed by atoms with E-state index in [2.05, 4.69) is 10.6 Å². The Morgan fingerprint density at radius 1 is 1.03 bits per heavy atom. The molecule has 1 spiro atoms. The first-order chi connectivity index (χ1) is 15.0. The monoisotopic (exact) mass is 418 g/mol. The molecule has 2 aliphatic heterocycles. The van der Waals surface area contributed by atoms with Crippen molar-refractivity contribution in [1.29, 1.82) is 0 Å². The average Bonchev–Trinajstić information content (AvgIpc) is 3.42. The second-order valence-electron chi connectivity index (χ2n) is 8.10. The van der Waals surface area contributed by atoms with Crippen LogP contribution in [0.25, 0.3) is 0 Å². The van der Waals surface area contributed by atoms with Crippen molar-refractivity contribution in [1.82, 2.24) is 10.2 Å². The summed E-state index contributed by atoms with van der Waals surface area (Å²) in [5.74, 6) is -0.885. The summed E-state index contributed by atoms with van der Waals surface area (Å²) in [5.41, 5.74) is 1.85. The molecule has 0 radical (unpaired) electrons. The minimum atomic E-state index is -1.09. The lowest BCUT2D eigenvalue weighted by Gasteiger charge is -2.22. The molecule has 8 nitrogen and oxygen atoms in total. The van der Waals surface area contributed by atoms with Crippen molar-refractivity contribution in [2.24, 2.45) is 0 Å². The van der Waals surface area contributed by atoms with Crippen LogP contribution in [0.3, 0.4) is 0 Å². The number of fused-ring (bicyclic) bond motifs is 2. The Morgan fingerprint density at radius 2 is 1.81 bits per heavy atom. The van der Waals surface area contributed by atoms with Crippen LogP contribution in [-0.2, 0) is 26.3 Å². The van der Waals surface area contributed by atoms with Crippen molar-refractivity contribution in [3.05, 3.63) is 59.7 Å². The van der Waals surface area contributed by atoms with Crippen molar-refractivity contribution >= 4 is 35.1 Å². The zero-order valence-corrected chi connectivity index (χ0v) is 16.9. The summed E-state index contributed by atoms with van der Waals surface area (Å²) in [4.78, 5) is 53.4. The largest absolute Gasteiger partial charge is 0.325 e. The Kier molecular flexibility index (Phi) is 4.50. The van der Waals surface area contributed by atoms with Gasteiger partial charge in [-0.25, -0.2) is 4.79 Å². The van der Waals surface area contributed by atoms with Gasteiger partial charge in [0.25, 0.3) is 5.91 Å². The summed E-state index contributed by atoms with van der Waals surface area (Å²) in [5, 5.41) is 5.59. The molecular formula is C23H22N4O4. The third kappa shape index (κ3) is 3.06. The summed E-state index contributed by atoms with van der Waals surface area (Å²) in [6, 6.07) is 14.0. The number of nitrogens with one attached hydrogen (secondary N) is 2. The first-order valence-corrected chi connectivity index (χ1v) is 10.4. The number of hydrogen-bond donors (Lipinski definition) is 2. The maximum Gasteiger partial charge on any atom is 0.325 e. The van der Waals surface area contributed by atoms with Crippen LogP contribution in [0.4, 0.5) is 16.2 Å². The van der Waals surface area contributed by atoms with E-state index in [1.165, 1.54) is 0 Å². The highest BCUT2D eigenvalue weighted by Crippen LogP contribution is 2.41. The number of aryl methyl sites for hydroxylation is 1. The molecule has 158 valence electrons. The highest BCUT2D eigenvalue weighted by Gasteiger charge is 2.55. The van der Waals surface area contributed by atoms with Crippen molar-refractivity contribution in [2.75, 3.05) is 23.3 Å². The lowest BCUT2D eigenvalue weighted by atomic mass is 9.92. The molecule has 1 atom stereocenters. The predicted molar refractivity (Wildman–Crippen MR) is 113 cm³/mol. The summed E-state index contributed by atoms with van der Waals surface area (Å²) >= 11 is 0. The molecule has 2 fully saturated rings. The maximum atomic E-state index is 13.2. The third-order valence-corrected chi connectivity index (χ3v) is 6.27. The second kappa shape index (κ2) is 7.23. The van der Waals surface area contributed by atoms with Gasteiger partial charge in [0, 0.05) is 13.0 Å². The lowest BCUT2D eigenvalue weighted by molar-refractivity contribution is -0.134. The molecule has 31 heavy (non-hydrogen) atoms. The first kappa shape index (κ1) is 19.3. The third-order valence-electron chi connectivity index (χ3n) is 6.27. The Labute approximate surface area is 179 Å². The van der Waals surface area contributed by atoms with Gasteiger partial charge in [0.05, 0.1) is 11.4 Å². The fourth-order valence-corrected chi connectivity index (χ4v) is 4.78. The van der Waals surface area contributed by atoms with Gasteiger partial charge < -0.3 is 15.5 Å². The molecule has 3 aliphatic rings. The molecule has 1 aliphatic carbocycles. The van der Waals surface area contributed by atoms with Gasteiger partial charge in [0.2, 0.25) is 11.8 Å². The smallest absolute Gasteiger partial charge is 0.323 e. The molecule has 5 amide bonds. The van der Waals surface area contributed by atoms with E-state index in [1.54, 1.807) is 29.2 Å². The normalized spacial score (nSPS) is 22.3. The Balaban J connectivity index is 1.34. The number of amides is 5. The average molecular weight is 418 g/mol. The fraction of sp³-hybridized carbons (Fsp3) is 0.304. The van der Waals surface area contributed by atoms with Crippen LogP contribution in [0.2, 0.25) is 0 Å². The number of rotatable bonds is 4. The van der Waals surface area contributed by atoms with Crippen LogP contribution in [-0.4, -0.2) is 41.7 Å². The number of imide groups is 1. The molecule has 2 heterocycles. The molecule has 2 aromatic carbocycles. The van der Waals surface area contributed by atoms with Crippen LogP contribution in [0.5, 0.6) is 0 Å². The highest BCUT2D eigenvalue weighted by molar-refractivity contribution is 6.11. The number of para-hydroxylation sites is 2. The number of carbonyl (C=O) groups is 4. The standard InChI is InChI=1S/C23H22N4O4/c28-19(24-17-8-3-4-9-18(17)26-13-5-10-20(26)29)14-27-21(30)23(25-22(27)31)12-11-15-6-1-2-7-16(15)23/h1-4,6-9H,5,10-14H2,(H,24,28)(H,25,31). The van der Waals surface area contributed by atoms with Gasteiger partial charge in [0.15, 0.2) is 0 Å². The molecule has 8 heteroatoms. The predicted octanol–water partition coefficient (Wildman–Crippen LogP) is 2.15. The Bertz CT molecular complexity index is 1110. The number of anilines is 2. The van der Waals surface area contributed by atoms with Crippen molar-refractivity contribution < 1.29 is 19.2 Å². The molecule has 2 saturated heterocycles. The Morgan fingerprint density at radius 3 is 2.61 bits per heavy atom. The van der Waals surface area contributed by atoms with Crippen LogP contribution < -0.4 is 15.5 Å². The number of hydrogen-bond acceptors (Lipinski definition) is 4. The number of carbonyl (C=O) groups excluding carboxylic acids is 4. The van der Waals surface area contributed by atoms with Gasteiger partial charge in [0.1, 0.15) is 12.1 Å². The minimum absolute atomic E-state index is 0.0117. The molecular weight excluding hydrogens is 396 g/mol. The van der Waals surface area contributed by atoms with Crippen LogP contribution >= 0.6 is 0 Å². The van der Waals surface area contributed by atoms with Crippen molar-refractivity contribution in [3.63, 3.8) is 0 Å². The van der Waals surface area contributed by atoms with Crippen LogP contribution in [0.15, 0.2) is 48.5 Å². The van der Waals surface area contributed by atoms with E-state index < -0.39 is 29.9 Å². The van der Waals surface area contributed by atoms with E-state index >= 15 is 0 Å². The number of benzene rings is 2. The molecule has 1 unspecified atom stereocenters. The van der Waals surface area contributed by atoms with Gasteiger partial charge in [-0.3, -0.25) is 19.3 Å². The topological polar surface area (TPSA) is 98.8 Å². The van der Waals surface area contributed by atoms with E-state index in [1.807, 2.05) is 24.3 Å². The molecule has 5 rings (SSSR count). The summed E-state index contributed by atoms with van der Waals surface area (Å²) < 4.78 is 0. The van der Waals surface area contributed by atoms with Gasteiger partial charge in [-0.1, -0.05) is 36.4 Å². The SMILES string of the molecule is O=C(CN1C(=O)NC2(CCc3ccccc32)C1=O)Nc1ccccc1N1CCCC1=O. The Hall–Kier alpha value is -3.68. The van der Waals surface area contributed by atoms with Crippen molar-refractivity contribution in [3.8, 4) is 0 Å². The second-order valence-corrected chi connectivity index (χ2v) is 8.10. The summed E-state index contributed by atoms with van der Waals surface area (Å²) in [7, 11) is 0. The molecule has 0 aromatic heterocycles. The van der Waals surface area contributed by atoms with Gasteiger partial charge in [-0.15, -0.1) is 0 Å². The molecule has 2 N–H and O–H groups in total. The van der Waals surface area contributed by atoms with E-state index in [9.17, 15) is 19.2 Å². The van der Waals surface area contributed by atoms with E-state index in [0.717, 1.165) is 22.4 Å². The minimum Gasteiger partial charge on any atom is -0.323 e. The van der Waals surface area contributed by atoms with E-state index in [0.29, 0.717) is 37.2 Å². The van der Waals surface area contributed by atoms with Gasteiger partial charge in [-0.05, 0) is 42.5 Å². The number of urea groups is 1. The number of nitrogens with zero attached hydrogens (tertiary/aromatic N) is 2. The molecule has 0 bridgehead atoms. The van der Waals surface area contributed by atoms with Crippen LogP contribution in [0.1, 0.15) is 30.4 Å². The maximum absolute atomic E-state index is 13.2. The lowest BCUT2D eigenvalue weighted by Crippen LogP contribution is -2.43. The summed E-state index contributed by atoms with van der Waals surface area (Å²) in [6.07, 6.45) is 2.43. The quantitative estimate of drug-likeness (QED) is 0.744. The fourth-order valence-electron chi connectivity index (χ4n) is 4.78. The highest BCUT2D eigenvalue weighted by atomic mass is 16.2. The van der Waals surface area contributed by atoms with E-state index in [-0.39, 0.29) is 5.91 Å². The van der Waals surface area contributed by atoms with Gasteiger partial charge >= 0.3 is 6.03 Å². The zero-order chi connectivity index (χ0) is 21.6. The molecule has 0 saturated carbocycles. The summed E-state index contributed by atoms with van der Waals surface area (Å²) in [6.45, 7) is 0.206. The molecule has 2 aromatic rings. The zero-order valence-electron chi connectivity index (χ0n) is 16.9. The van der Waals surface area contributed by atoms with E-state index in [4.69, 9.17) is 0 Å². The first-order valence-electron chi connectivity index (χ1n) is 10.4.